The first kappa shape index (κ1) is 20.1. The van der Waals surface area contributed by atoms with Gasteiger partial charge in [0.15, 0.2) is 0 Å². The molecular weight excluding hydrogens is 387 g/mol. The van der Waals surface area contributed by atoms with E-state index in [1.54, 1.807) is 12.1 Å². The van der Waals surface area contributed by atoms with Gasteiger partial charge >= 0.3 is 0 Å². The number of piperazine rings is 1. The van der Waals surface area contributed by atoms with Gasteiger partial charge in [-0.3, -0.25) is 14.5 Å². The summed E-state index contributed by atoms with van der Waals surface area (Å²) in [6.45, 7) is 5.61. The van der Waals surface area contributed by atoms with E-state index in [-0.39, 0.29) is 11.3 Å². The number of hydrogen-bond acceptors (Lipinski definition) is 5. The molecule has 3 aromatic heterocycles. The third kappa shape index (κ3) is 3.93. The van der Waals surface area contributed by atoms with Crippen LogP contribution in [0.3, 0.4) is 0 Å². The summed E-state index contributed by atoms with van der Waals surface area (Å²) in [4.78, 5) is 34.6. The highest BCUT2D eigenvalue weighted by Gasteiger charge is 2.21. The lowest BCUT2D eigenvalue weighted by molar-refractivity contribution is 0.0957. The minimum atomic E-state index is -0.626. The molecule has 0 saturated carbocycles. The standard InChI is InChI=1S/C21H25FN6O2/c1-3-15-13-28-12-14(10-18(28)25-20(15)29)11-26-6-8-27(9-7-26)17-5-4-16(21(30)23-2)24-19(17)22/h4-5,10,12-13H,3,6-9,11H2,1-2H3,(H,23,30)(H,25,29). The number of carbonyl (C=O) groups is 1. The molecular formula is C21H25FN6O2. The maximum atomic E-state index is 14.4. The highest BCUT2D eigenvalue weighted by atomic mass is 19.1. The van der Waals surface area contributed by atoms with Crippen LogP contribution in [0, 0.1) is 5.95 Å². The lowest BCUT2D eigenvalue weighted by Gasteiger charge is -2.35. The highest BCUT2D eigenvalue weighted by Crippen LogP contribution is 2.21. The van der Waals surface area contributed by atoms with Gasteiger partial charge < -0.3 is 19.6 Å². The number of aromatic amines is 1. The van der Waals surface area contributed by atoms with Crippen LogP contribution in [-0.2, 0) is 13.0 Å². The smallest absolute Gasteiger partial charge is 0.269 e. The molecule has 0 atom stereocenters. The van der Waals surface area contributed by atoms with Crippen molar-refractivity contribution >= 4 is 17.2 Å². The van der Waals surface area contributed by atoms with E-state index in [4.69, 9.17) is 0 Å². The van der Waals surface area contributed by atoms with E-state index in [1.165, 1.54) is 7.05 Å². The van der Waals surface area contributed by atoms with Crippen LogP contribution in [0.15, 0.2) is 35.4 Å². The van der Waals surface area contributed by atoms with E-state index in [0.29, 0.717) is 25.2 Å². The summed E-state index contributed by atoms with van der Waals surface area (Å²) in [5, 5.41) is 2.45. The molecule has 30 heavy (non-hydrogen) atoms. The van der Waals surface area contributed by atoms with Crippen LogP contribution in [0.2, 0.25) is 0 Å². The first-order valence-corrected chi connectivity index (χ1v) is 10.1. The molecule has 8 nitrogen and oxygen atoms in total. The Kier molecular flexibility index (Phi) is 5.54. The molecule has 0 spiro atoms. The van der Waals surface area contributed by atoms with Crippen LogP contribution in [0.5, 0.6) is 0 Å². The zero-order chi connectivity index (χ0) is 21.3. The summed E-state index contributed by atoms with van der Waals surface area (Å²) in [6.07, 6.45) is 4.61. The lowest BCUT2D eigenvalue weighted by Crippen LogP contribution is -2.46. The predicted octanol–water partition coefficient (Wildman–Crippen LogP) is 1.41. The van der Waals surface area contributed by atoms with Crippen LogP contribution in [0.1, 0.15) is 28.5 Å². The first-order valence-electron chi connectivity index (χ1n) is 10.1. The Morgan fingerprint density at radius 1 is 1.23 bits per heavy atom. The second kappa shape index (κ2) is 8.27. The third-order valence-corrected chi connectivity index (χ3v) is 5.52. The molecule has 0 radical (unpaired) electrons. The zero-order valence-corrected chi connectivity index (χ0v) is 17.1. The quantitative estimate of drug-likeness (QED) is 0.619. The van der Waals surface area contributed by atoms with Crippen molar-refractivity contribution in [3.05, 3.63) is 63.7 Å². The monoisotopic (exact) mass is 412 g/mol. The summed E-state index contributed by atoms with van der Waals surface area (Å²) in [5.41, 5.74) is 3.12. The molecule has 158 valence electrons. The lowest BCUT2D eigenvalue weighted by atomic mass is 10.2. The van der Waals surface area contributed by atoms with Gasteiger partial charge in [0.25, 0.3) is 11.5 Å². The Morgan fingerprint density at radius 2 is 2.00 bits per heavy atom. The number of pyridine rings is 1. The number of halogens is 1. The topological polar surface area (TPSA) is 85.7 Å². The third-order valence-electron chi connectivity index (χ3n) is 5.52. The van der Waals surface area contributed by atoms with Gasteiger partial charge in [0.2, 0.25) is 5.95 Å². The van der Waals surface area contributed by atoms with Crippen molar-refractivity contribution in [2.45, 2.75) is 19.9 Å². The Labute approximate surface area is 173 Å². The molecule has 1 saturated heterocycles. The predicted molar refractivity (Wildman–Crippen MR) is 112 cm³/mol. The second-order valence-electron chi connectivity index (χ2n) is 7.45. The van der Waals surface area contributed by atoms with E-state index in [9.17, 15) is 14.0 Å². The number of aromatic nitrogens is 3. The fraction of sp³-hybridized carbons (Fsp3) is 0.381. The first-order chi connectivity index (χ1) is 14.5. The molecule has 3 aromatic rings. The second-order valence-corrected chi connectivity index (χ2v) is 7.45. The molecule has 0 unspecified atom stereocenters. The SMILES string of the molecule is CCc1cn2cc(CN3CCN(c4ccc(C(=O)NC)nc4F)CC3)cc2[nH]c1=O. The number of amides is 1. The van der Waals surface area contributed by atoms with Gasteiger partial charge in [-0.05, 0) is 30.2 Å². The fourth-order valence-electron chi connectivity index (χ4n) is 3.83. The van der Waals surface area contributed by atoms with Crippen molar-refractivity contribution in [1.82, 2.24) is 24.6 Å². The minimum Gasteiger partial charge on any atom is -0.365 e. The van der Waals surface area contributed by atoms with Crippen molar-refractivity contribution in [3.63, 3.8) is 0 Å². The van der Waals surface area contributed by atoms with Crippen molar-refractivity contribution in [1.29, 1.82) is 0 Å². The summed E-state index contributed by atoms with van der Waals surface area (Å²) in [7, 11) is 1.49. The van der Waals surface area contributed by atoms with Gasteiger partial charge in [-0.1, -0.05) is 6.92 Å². The van der Waals surface area contributed by atoms with Crippen LogP contribution in [-0.4, -0.2) is 58.4 Å². The number of rotatable bonds is 5. The van der Waals surface area contributed by atoms with Crippen molar-refractivity contribution in [2.75, 3.05) is 38.1 Å². The summed E-state index contributed by atoms with van der Waals surface area (Å²) >= 11 is 0. The van der Waals surface area contributed by atoms with Gasteiger partial charge in [0, 0.05) is 57.7 Å². The maximum absolute atomic E-state index is 14.4. The van der Waals surface area contributed by atoms with Gasteiger partial charge in [-0.25, -0.2) is 4.98 Å². The number of nitrogens with zero attached hydrogens (tertiary/aromatic N) is 4. The van der Waals surface area contributed by atoms with Gasteiger partial charge in [-0.15, -0.1) is 0 Å². The molecule has 1 aliphatic rings. The van der Waals surface area contributed by atoms with E-state index < -0.39 is 11.9 Å². The molecule has 1 amide bonds. The van der Waals surface area contributed by atoms with E-state index in [2.05, 4.69) is 20.2 Å². The number of fused-ring (bicyclic) bond motifs is 1. The van der Waals surface area contributed by atoms with Crippen LogP contribution in [0.25, 0.3) is 5.65 Å². The Morgan fingerprint density at radius 3 is 2.67 bits per heavy atom. The molecule has 0 aromatic carbocycles. The van der Waals surface area contributed by atoms with Crippen LogP contribution < -0.4 is 15.8 Å². The van der Waals surface area contributed by atoms with Crippen molar-refractivity contribution in [3.8, 4) is 0 Å². The maximum Gasteiger partial charge on any atom is 0.269 e. The molecule has 0 aliphatic carbocycles. The molecule has 4 rings (SSSR count). The number of H-pyrrole nitrogens is 1. The molecule has 1 fully saturated rings. The molecule has 1 aliphatic heterocycles. The molecule has 4 heterocycles. The fourth-order valence-corrected chi connectivity index (χ4v) is 3.83. The molecule has 2 N–H and O–H groups in total. The van der Waals surface area contributed by atoms with E-state index in [0.717, 1.165) is 36.4 Å². The van der Waals surface area contributed by atoms with Crippen LogP contribution >= 0.6 is 0 Å². The number of nitrogens with one attached hydrogen (secondary N) is 2. The van der Waals surface area contributed by atoms with Crippen molar-refractivity contribution < 1.29 is 9.18 Å². The van der Waals surface area contributed by atoms with E-state index in [1.807, 2.05) is 34.7 Å². The summed E-state index contributed by atoms with van der Waals surface area (Å²) in [6, 6.07) is 5.15. The minimum absolute atomic E-state index is 0.0404. The molecule has 9 heteroatoms. The summed E-state index contributed by atoms with van der Waals surface area (Å²) < 4.78 is 16.4. The largest absolute Gasteiger partial charge is 0.365 e. The van der Waals surface area contributed by atoms with Crippen molar-refractivity contribution in [2.24, 2.45) is 0 Å². The Hall–Kier alpha value is -3.20. The number of carbonyl (C=O) groups excluding carboxylic acids is 1. The zero-order valence-electron chi connectivity index (χ0n) is 17.1. The van der Waals surface area contributed by atoms with E-state index >= 15 is 0 Å². The number of aryl methyl sites for hydroxylation is 1. The molecule has 0 bridgehead atoms. The summed E-state index contributed by atoms with van der Waals surface area (Å²) in [5.74, 6) is -1.03. The van der Waals surface area contributed by atoms with Gasteiger partial charge in [-0.2, -0.15) is 4.39 Å². The average Bonchev–Trinajstić information content (AvgIpc) is 3.14. The Bertz CT molecular complexity index is 1130. The van der Waals surface area contributed by atoms with Gasteiger partial charge in [0.05, 0.1) is 5.69 Å². The Balaban J connectivity index is 1.41. The number of hydrogen-bond donors (Lipinski definition) is 2. The van der Waals surface area contributed by atoms with Crippen LogP contribution in [0.4, 0.5) is 10.1 Å². The highest BCUT2D eigenvalue weighted by molar-refractivity contribution is 5.92. The average molecular weight is 412 g/mol. The van der Waals surface area contributed by atoms with Gasteiger partial charge in [0.1, 0.15) is 11.3 Å². The normalized spacial score (nSPS) is 15.0. The number of anilines is 1.